The normalized spacial score (nSPS) is 20.1. The Kier molecular flexibility index (Phi) is 6.61. The van der Waals surface area contributed by atoms with Crippen molar-refractivity contribution in [3.63, 3.8) is 0 Å². The second kappa shape index (κ2) is 8.28. The monoisotopic (exact) mass is 373 g/mol. The molecule has 0 spiro atoms. The number of carbonyl (C=O) groups is 1. The van der Waals surface area contributed by atoms with Gasteiger partial charge in [-0.05, 0) is 38.1 Å². The quantitative estimate of drug-likeness (QED) is 0.881. The molecule has 1 aromatic rings. The molecule has 2 aliphatic rings. The third-order valence-corrected chi connectivity index (χ3v) is 4.98. The average molecular weight is 374 g/mol. The molecule has 1 fully saturated rings. The number of hydrogen-bond donors (Lipinski definition) is 1. The molecule has 0 aliphatic carbocycles. The van der Waals surface area contributed by atoms with Crippen LogP contribution in [0.1, 0.15) is 30.1 Å². The summed E-state index contributed by atoms with van der Waals surface area (Å²) < 4.78 is 5.74. The van der Waals surface area contributed by atoms with E-state index in [0.717, 1.165) is 31.7 Å². The number of nitrogens with one attached hydrogen (secondary N) is 1. The molecule has 1 atom stereocenters. The fourth-order valence-electron chi connectivity index (χ4n) is 3.44. The van der Waals surface area contributed by atoms with Crippen LogP contribution in [0.15, 0.2) is 12.1 Å². The molecule has 0 saturated carbocycles. The predicted octanol–water partition coefficient (Wildman–Crippen LogP) is 2.80. The number of likely N-dealkylation sites (tertiary alicyclic amines) is 1. The Labute approximate surface area is 154 Å². The van der Waals surface area contributed by atoms with Crippen LogP contribution in [-0.4, -0.2) is 56.7 Å². The molecule has 3 rings (SSSR count). The summed E-state index contributed by atoms with van der Waals surface area (Å²) in [6.07, 6.45) is 2.34. The maximum atomic E-state index is 12.6. The van der Waals surface area contributed by atoms with Crippen LogP contribution in [0.5, 0.6) is 5.75 Å². The highest BCUT2D eigenvalue weighted by atomic mass is 35.5. The Morgan fingerprint density at radius 2 is 2.21 bits per heavy atom. The van der Waals surface area contributed by atoms with E-state index in [4.69, 9.17) is 16.3 Å². The Bertz CT molecular complexity index is 597. The fourth-order valence-corrected chi connectivity index (χ4v) is 3.65. The molecule has 1 amide bonds. The second-order valence-corrected chi connectivity index (χ2v) is 6.64. The molecule has 2 aliphatic heterocycles. The van der Waals surface area contributed by atoms with Crippen molar-refractivity contribution in [2.75, 3.05) is 44.7 Å². The van der Waals surface area contributed by atoms with Crippen molar-refractivity contribution in [2.45, 2.75) is 25.8 Å². The van der Waals surface area contributed by atoms with E-state index in [0.29, 0.717) is 35.5 Å². The SMILES string of the molecule is CCN1CCCC1CNC(=O)c1cc(Cl)cc2c1OCCN2C.Cl. The minimum absolute atomic E-state index is 0. The molecule has 2 heterocycles. The van der Waals surface area contributed by atoms with Gasteiger partial charge < -0.3 is 15.0 Å². The number of halogens is 2. The number of amides is 1. The lowest BCUT2D eigenvalue weighted by atomic mass is 10.1. The number of fused-ring (bicyclic) bond motifs is 1. The minimum atomic E-state index is -0.109. The van der Waals surface area contributed by atoms with Gasteiger partial charge in [-0.25, -0.2) is 0 Å². The number of ether oxygens (including phenoxy) is 1. The van der Waals surface area contributed by atoms with E-state index in [9.17, 15) is 4.79 Å². The number of carbonyl (C=O) groups excluding carboxylic acids is 1. The summed E-state index contributed by atoms with van der Waals surface area (Å²) in [5.74, 6) is 0.529. The number of nitrogens with zero attached hydrogens (tertiary/aromatic N) is 2. The van der Waals surface area contributed by atoms with Gasteiger partial charge >= 0.3 is 0 Å². The first-order valence-electron chi connectivity index (χ1n) is 8.30. The first-order valence-corrected chi connectivity index (χ1v) is 8.67. The van der Waals surface area contributed by atoms with Crippen LogP contribution in [0.4, 0.5) is 5.69 Å². The van der Waals surface area contributed by atoms with Gasteiger partial charge in [0.1, 0.15) is 6.61 Å². The van der Waals surface area contributed by atoms with Crippen LogP contribution in [0.3, 0.4) is 0 Å². The summed E-state index contributed by atoms with van der Waals surface area (Å²) in [7, 11) is 1.98. The van der Waals surface area contributed by atoms with Gasteiger partial charge in [0.15, 0.2) is 5.75 Å². The smallest absolute Gasteiger partial charge is 0.255 e. The fraction of sp³-hybridized carbons (Fsp3) is 0.588. The Morgan fingerprint density at radius 1 is 1.42 bits per heavy atom. The molecule has 1 N–H and O–H groups in total. The molecule has 0 radical (unpaired) electrons. The topological polar surface area (TPSA) is 44.8 Å². The van der Waals surface area contributed by atoms with Gasteiger partial charge in [-0.3, -0.25) is 9.69 Å². The average Bonchev–Trinajstić information content (AvgIpc) is 3.00. The summed E-state index contributed by atoms with van der Waals surface area (Å²) in [5, 5.41) is 3.62. The summed E-state index contributed by atoms with van der Waals surface area (Å²) >= 11 is 6.19. The Hall–Kier alpha value is -1.17. The lowest BCUT2D eigenvalue weighted by Crippen LogP contribution is -2.40. The third kappa shape index (κ3) is 3.90. The molecule has 134 valence electrons. The van der Waals surface area contributed by atoms with Crippen LogP contribution in [-0.2, 0) is 0 Å². The van der Waals surface area contributed by atoms with E-state index in [1.54, 1.807) is 6.07 Å². The van der Waals surface area contributed by atoms with Crippen molar-refractivity contribution in [3.05, 3.63) is 22.7 Å². The molecule has 24 heavy (non-hydrogen) atoms. The summed E-state index contributed by atoms with van der Waals surface area (Å²) in [4.78, 5) is 17.1. The summed E-state index contributed by atoms with van der Waals surface area (Å²) in [6.45, 7) is 6.36. The van der Waals surface area contributed by atoms with Gasteiger partial charge in [-0.2, -0.15) is 0 Å². The zero-order valence-electron chi connectivity index (χ0n) is 14.2. The van der Waals surface area contributed by atoms with Crippen LogP contribution in [0.2, 0.25) is 5.02 Å². The standard InChI is InChI=1S/C17H24ClN3O2.ClH/c1-3-21-6-4-5-13(21)11-19-17(22)14-9-12(18)10-15-16(14)23-8-7-20(15)2;/h9-10,13H,3-8,11H2,1-2H3,(H,19,22);1H. The number of likely N-dealkylation sites (N-methyl/N-ethyl adjacent to an activating group) is 2. The van der Waals surface area contributed by atoms with Crippen molar-refractivity contribution in [1.82, 2.24) is 10.2 Å². The third-order valence-electron chi connectivity index (χ3n) is 4.77. The lowest BCUT2D eigenvalue weighted by Gasteiger charge is -2.29. The molecule has 1 aromatic carbocycles. The maximum absolute atomic E-state index is 12.6. The molecule has 1 unspecified atom stereocenters. The highest BCUT2D eigenvalue weighted by molar-refractivity contribution is 6.31. The van der Waals surface area contributed by atoms with E-state index in [1.165, 1.54) is 6.42 Å². The summed E-state index contributed by atoms with van der Waals surface area (Å²) in [5.41, 5.74) is 1.41. The predicted molar refractivity (Wildman–Crippen MR) is 100 cm³/mol. The molecular weight excluding hydrogens is 349 g/mol. The van der Waals surface area contributed by atoms with Crippen LogP contribution >= 0.6 is 24.0 Å². The van der Waals surface area contributed by atoms with Crippen molar-refractivity contribution < 1.29 is 9.53 Å². The van der Waals surface area contributed by atoms with Gasteiger partial charge in [-0.15, -0.1) is 12.4 Å². The molecule has 7 heteroatoms. The van der Waals surface area contributed by atoms with Crippen LogP contribution < -0.4 is 15.0 Å². The van der Waals surface area contributed by atoms with Crippen molar-refractivity contribution in [1.29, 1.82) is 0 Å². The number of benzene rings is 1. The van der Waals surface area contributed by atoms with Crippen molar-refractivity contribution in [3.8, 4) is 5.75 Å². The van der Waals surface area contributed by atoms with Gasteiger partial charge in [-0.1, -0.05) is 18.5 Å². The van der Waals surface area contributed by atoms with Crippen molar-refractivity contribution >= 4 is 35.6 Å². The number of hydrogen-bond acceptors (Lipinski definition) is 4. The zero-order valence-corrected chi connectivity index (χ0v) is 15.8. The van der Waals surface area contributed by atoms with Crippen LogP contribution in [0, 0.1) is 0 Å². The number of rotatable bonds is 4. The Balaban J connectivity index is 0.00000208. The molecule has 5 nitrogen and oxygen atoms in total. The highest BCUT2D eigenvalue weighted by Crippen LogP contribution is 2.37. The minimum Gasteiger partial charge on any atom is -0.489 e. The van der Waals surface area contributed by atoms with E-state index in [-0.39, 0.29) is 18.3 Å². The zero-order chi connectivity index (χ0) is 16.4. The van der Waals surface area contributed by atoms with E-state index in [1.807, 2.05) is 13.1 Å². The van der Waals surface area contributed by atoms with E-state index < -0.39 is 0 Å². The largest absolute Gasteiger partial charge is 0.489 e. The Morgan fingerprint density at radius 3 is 2.96 bits per heavy atom. The van der Waals surface area contributed by atoms with Gasteiger partial charge in [0.25, 0.3) is 5.91 Å². The molecule has 0 bridgehead atoms. The molecule has 0 aromatic heterocycles. The van der Waals surface area contributed by atoms with Crippen molar-refractivity contribution in [2.24, 2.45) is 0 Å². The van der Waals surface area contributed by atoms with E-state index >= 15 is 0 Å². The second-order valence-electron chi connectivity index (χ2n) is 6.21. The molecule has 1 saturated heterocycles. The van der Waals surface area contributed by atoms with Gasteiger partial charge in [0.2, 0.25) is 0 Å². The first-order chi connectivity index (χ1) is 11.1. The number of anilines is 1. The van der Waals surface area contributed by atoms with Gasteiger partial charge in [0.05, 0.1) is 17.8 Å². The maximum Gasteiger partial charge on any atom is 0.255 e. The highest BCUT2D eigenvalue weighted by Gasteiger charge is 2.26. The van der Waals surface area contributed by atoms with Gasteiger partial charge in [0, 0.05) is 24.7 Å². The molecular formula is C17H25Cl2N3O2. The van der Waals surface area contributed by atoms with Crippen LogP contribution in [0.25, 0.3) is 0 Å². The summed E-state index contributed by atoms with van der Waals surface area (Å²) in [6, 6.07) is 3.98. The van der Waals surface area contributed by atoms with E-state index in [2.05, 4.69) is 22.0 Å². The first kappa shape index (κ1) is 19.2. The lowest BCUT2D eigenvalue weighted by molar-refractivity contribution is 0.0937.